The van der Waals surface area contributed by atoms with Gasteiger partial charge in [-0.1, -0.05) is 29.8 Å². The first kappa shape index (κ1) is 11.0. The van der Waals surface area contributed by atoms with Crippen molar-refractivity contribution in [2.75, 3.05) is 7.05 Å². The number of hydrogen-bond acceptors (Lipinski definition) is 3. The highest BCUT2D eigenvalue weighted by Gasteiger charge is 2.08. The number of aromatic amines is 1. The van der Waals surface area contributed by atoms with Gasteiger partial charge in [0.05, 0.1) is 11.9 Å². The molecule has 0 amide bonds. The fourth-order valence-corrected chi connectivity index (χ4v) is 1.92. The van der Waals surface area contributed by atoms with Gasteiger partial charge in [-0.15, -0.1) is 0 Å². The third kappa shape index (κ3) is 1.89. The second-order valence-corrected chi connectivity index (χ2v) is 4.37. The molecule has 0 saturated carbocycles. The summed E-state index contributed by atoms with van der Waals surface area (Å²) in [7, 11) is 1.90. The van der Waals surface area contributed by atoms with Gasteiger partial charge in [-0.05, 0) is 14.0 Å². The molecule has 3 rings (SSSR count). The summed E-state index contributed by atoms with van der Waals surface area (Å²) in [5.41, 5.74) is 3.29. The van der Waals surface area contributed by atoms with Gasteiger partial charge in [0.2, 0.25) is 0 Å². The highest BCUT2D eigenvalue weighted by Crippen LogP contribution is 2.16. The molecule has 2 heterocycles. The fourth-order valence-electron chi connectivity index (χ4n) is 1.92. The Balaban J connectivity index is 1.98. The van der Waals surface area contributed by atoms with Crippen molar-refractivity contribution in [1.29, 1.82) is 0 Å². The Morgan fingerprint density at radius 1 is 1.22 bits per heavy atom. The first-order valence-electron chi connectivity index (χ1n) is 5.92. The molecule has 0 aliphatic rings. The monoisotopic (exact) mass is 241 g/mol. The van der Waals surface area contributed by atoms with Gasteiger partial charge in [0.15, 0.2) is 5.82 Å². The van der Waals surface area contributed by atoms with Crippen molar-refractivity contribution >= 4 is 5.78 Å². The first-order chi connectivity index (χ1) is 8.76. The number of hydrogen-bond donors (Lipinski definition) is 2. The second kappa shape index (κ2) is 4.27. The number of benzene rings is 1. The minimum Gasteiger partial charge on any atom is -0.314 e. The van der Waals surface area contributed by atoms with Crippen molar-refractivity contribution < 1.29 is 0 Å². The molecule has 0 bridgehead atoms. The van der Waals surface area contributed by atoms with Crippen molar-refractivity contribution in [3.05, 3.63) is 41.7 Å². The van der Waals surface area contributed by atoms with Crippen LogP contribution in [0.5, 0.6) is 0 Å². The zero-order valence-corrected chi connectivity index (χ0v) is 10.4. The molecule has 0 spiro atoms. The van der Waals surface area contributed by atoms with Crippen molar-refractivity contribution in [2.24, 2.45) is 0 Å². The van der Waals surface area contributed by atoms with Crippen LogP contribution in [-0.2, 0) is 6.54 Å². The number of fused-ring (bicyclic) bond motifs is 1. The number of imidazole rings is 1. The van der Waals surface area contributed by atoms with Crippen LogP contribution in [0, 0.1) is 6.92 Å². The maximum absolute atomic E-state index is 4.48. The average molecular weight is 241 g/mol. The molecule has 3 aromatic rings. The number of nitrogens with one attached hydrogen (secondary N) is 2. The SMILES string of the molecule is CNCc1cn2[nH]c(-c3ccc(C)cc3)nc2n1. The van der Waals surface area contributed by atoms with Crippen LogP contribution in [0.25, 0.3) is 17.2 Å². The Labute approximate surface area is 105 Å². The molecule has 0 saturated heterocycles. The summed E-state index contributed by atoms with van der Waals surface area (Å²) in [6.07, 6.45) is 1.95. The molecular formula is C13H15N5. The van der Waals surface area contributed by atoms with Crippen molar-refractivity contribution in [3.63, 3.8) is 0 Å². The molecule has 5 heteroatoms. The molecule has 92 valence electrons. The lowest BCUT2D eigenvalue weighted by atomic mass is 10.1. The Kier molecular flexibility index (Phi) is 2.60. The molecule has 0 unspecified atom stereocenters. The molecule has 0 atom stereocenters. The standard InChI is InChI=1S/C13H15N5/c1-9-3-5-10(6-4-9)12-16-13-15-11(7-14-2)8-18(13)17-12/h3-6,8,14H,7H2,1-2H3,(H,15,16,17). The lowest BCUT2D eigenvalue weighted by molar-refractivity contribution is 0.795. The Morgan fingerprint density at radius 2 is 2.00 bits per heavy atom. The molecule has 2 aromatic heterocycles. The minimum atomic E-state index is 0.704. The van der Waals surface area contributed by atoms with Gasteiger partial charge in [-0.3, -0.25) is 5.10 Å². The summed E-state index contributed by atoms with van der Waals surface area (Å²) in [5.74, 6) is 1.55. The van der Waals surface area contributed by atoms with E-state index < -0.39 is 0 Å². The highest BCUT2D eigenvalue weighted by atomic mass is 15.3. The van der Waals surface area contributed by atoms with E-state index in [1.165, 1.54) is 5.56 Å². The van der Waals surface area contributed by atoms with Gasteiger partial charge in [-0.2, -0.15) is 4.98 Å². The van der Waals surface area contributed by atoms with E-state index in [4.69, 9.17) is 0 Å². The molecular weight excluding hydrogens is 226 g/mol. The van der Waals surface area contributed by atoms with E-state index >= 15 is 0 Å². The maximum atomic E-state index is 4.48. The summed E-state index contributed by atoms with van der Waals surface area (Å²) in [5, 5.41) is 6.30. The van der Waals surface area contributed by atoms with Gasteiger partial charge in [0.1, 0.15) is 0 Å². The van der Waals surface area contributed by atoms with E-state index in [1.807, 2.05) is 17.8 Å². The van der Waals surface area contributed by atoms with Gasteiger partial charge < -0.3 is 5.32 Å². The van der Waals surface area contributed by atoms with E-state index in [1.54, 1.807) is 0 Å². The van der Waals surface area contributed by atoms with Crippen LogP contribution >= 0.6 is 0 Å². The molecule has 1 aromatic carbocycles. The van der Waals surface area contributed by atoms with Crippen LogP contribution in [0.3, 0.4) is 0 Å². The van der Waals surface area contributed by atoms with Gasteiger partial charge in [0, 0.05) is 12.1 Å². The second-order valence-electron chi connectivity index (χ2n) is 4.37. The zero-order valence-electron chi connectivity index (χ0n) is 10.4. The van der Waals surface area contributed by atoms with Crippen LogP contribution < -0.4 is 5.32 Å². The Morgan fingerprint density at radius 3 is 2.67 bits per heavy atom. The summed E-state index contributed by atoms with van der Waals surface area (Å²) < 4.78 is 1.85. The molecule has 2 N–H and O–H groups in total. The van der Waals surface area contributed by atoms with E-state index in [-0.39, 0.29) is 0 Å². The number of rotatable bonds is 3. The van der Waals surface area contributed by atoms with Crippen LogP contribution in [-0.4, -0.2) is 26.6 Å². The van der Waals surface area contributed by atoms with Crippen molar-refractivity contribution in [1.82, 2.24) is 24.9 Å². The normalized spacial score (nSPS) is 11.2. The largest absolute Gasteiger partial charge is 0.314 e. The fraction of sp³-hybridized carbons (Fsp3) is 0.231. The number of H-pyrrole nitrogens is 1. The lowest BCUT2D eigenvalue weighted by Gasteiger charge is -1.96. The predicted molar refractivity (Wildman–Crippen MR) is 70.3 cm³/mol. The van der Waals surface area contributed by atoms with E-state index in [0.29, 0.717) is 5.78 Å². The van der Waals surface area contributed by atoms with E-state index in [0.717, 1.165) is 23.6 Å². The lowest BCUT2D eigenvalue weighted by Crippen LogP contribution is -2.05. The quantitative estimate of drug-likeness (QED) is 0.734. The van der Waals surface area contributed by atoms with E-state index in [9.17, 15) is 0 Å². The summed E-state index contributed by atoms with van der Waals surface area (Å²) in [4.78, 5) is 8.91. The zero-order chi connectivity index (χ0) is 12.5. The summed E-state index contributed by atoms with van der Waals surface area (Å²) in [6, 6.07) is 8.27. The molecule has 0 fully saturated rings. The number of nitrogens with zero attached hydrogens (tertiary/aromatic N) is 3. The Hall–Kier alpha value is -2.14. The van der Waals surface area contributed by atoms with Crippen molar-refractivity contribution in [3.8, 4) is 11.4 Å². The molecule has 0 radical (unpaired) electrons. The van der Waals surface area contributed by atoms with Gasteiger partial charge >= 0.3 is 0 Å². The Bertz CT molecular complexity index is 631. The minimum absolute atomic E-state index is 0.704. The third-order valence-corrected chi connectivity index (χ3v) is 2.86. The van der Waals surface area contributed by atoms with Crippen LogP contribution in [0.4, 0.5) is 0 Å². The van der Waals surface area contributed by atoms with Crippen LogP contribution in [0.1, 0.15) is 11.3 Å². The van der Waals surface area contributed by atoms with Crippen LogP contribution in [0.2, 0.25) is 0 Å². The van der Waals surface area contributed by atoms with Crippen molar-refractivity contribution in [2.45, 2.75) is 13.5 Å². The van der Waals surface area contributed by atoms with Gasteiger partial charge in [0.25, 0.3) is 5.78 Å². The number of aryl methyl sites for hydroxylation is 1. The predicted octanol–water partition coefficient (Wildman–Crippen LogP) is 1.75. The topological polar surface area (TPSA) is 58.0 Å². The first-order valence-corrected chi connectivity index (χ1v) is 5.92. The molecule has 0 aliphatic heterocycles. The van der Waals surface area contributed by atoms with E-state index in [2.05, 4.69) is 51.6 Å². The third-order valence-electron chi connectivity index (χ3n) is 2.86. The average Bonchev–Trinajstić information content (AvgIpc) is 2.88. The molecule has 5 nitrogen and oxygen atoms in total. The number of aromatic nitrogens is 4. The highest BCUT2D eigenvalue weighted by molar-refractivity contribution is 5.57. The van der Waals surface area contributed by atoms with Gasteiger partial charge in [-0.25, -0.2) is 9.50 Å². The summed E-state index contributed by atoms with van der Waals surface area (Å²) in [6.45, 7) is 2.82. The van der Waals surface area contributed by atoms with Crippen LogP contribution in [0.15, 0.2) is 30.5 Å². The molecule has 18 heavy (non-hydrogen) atoms. The maximum Gasteiger partial charge on any atom is 0.251 e. The summed E-state index contributed by atoms with van der Waals surface area (Å²) >= 11 is 0. The molecule has 0 aliphatic carbocycles. The smallest absolute Gasteiger partial charge is 0.251 e.